The summed E-state index contributed by atoms with van der Waals surface area (Å²) in [7, 11) is -3.60. The Bertz CT molecular complexity index is 1140. The second-order valence-corrected chi connectivity index (χ2v) is 9.13. The molecule has 3 aromatic rings. The summed E-state index contributed by atoms with van der Waals surface area (Å²) >= 11 is 5.70. The van der Waals surface area contributed by atoms with E-state index in [0.717, 1.165) is 11.1 Å². The summed E-state index contributed by atoms with van der Waals surface area (Å²) in [6, 6.07) is 20.0. The normalized spacial score (nSPS) is 11.3. The third-order valence-corrected chi connectivity index (χ3v) is 6.39. The fourth-order valence-electron chi connectivity index (χ4n) is 2.95. The molecule has 0 aromatic heterocycles. The first-order valence-corrected chi connectivity index (χ1v) is 11.6. The van der Waals surface area contributed by atoms with E-state index in [2.05, 4.69) is 10.0 Å². The van der Waals surface area contributed by atoms with Crippen molar-refractivity contribution in [3.8, 4) is 0 Å². The molecular formula is C23H22ClFN2O3S. The lowest BCUT2D eigenvalue weighted by atomic mass is 10.1. The van der Waals surface area contributed by atoms with E-state index in [9.17, 15) is 17.6 Å². The number of carbonyl (C=O) groups is 1. The Balaban J connectivity index is 1.49. The molecule has 0 saturated heterocycles. The van der Waals surface area contributed by atoms with Crippen molar-refractivity contribution >= 4 is 33.2 Å². The molecule has 0 saturated carbocycles. The molecule has 2 N–H and O–H groups in total. The van der Waals surface area contributed by atoms with Crippen LogP contribution in [0.4, 0.5) is 10.1 Å². The zero-order valence-electron chi connectivity index (χ0n) is 16.6. The van der Waals surface area contributed by atoms with Crippen molar-refractivity contribution in [3.05, 3.63) is 94.8 Å². The van der Waals surface area contributed by atoms with Gasteiger partial charge in [-0.1, -0.05) is 54.1 Å². The van der Waals surface area contributed by atoms with E-state index < -0.39 is 15.8 Å². The number of carbonyl (C=O) groups excluding carboxylic acids is 1. The van der Waals surface area contributed by atoms with Crippen LogP contribution < -0.4 is 10.0 Å². The second kappa shape index (κ2) is 10.5. The van der Waals surface area contributed by atoms with E-state index in [-0.39, 0.29) is 22.2 Å². The smallest absolute Gasteiger partial charge is 0.240 e. The van der Waals surface area contributed by atoms with E-state index in [4.69, 9.17) is 11.6 Å². The van der Waals surface area contributed by atoms with Gasteiger partial charge in [-0.2, -0.15) is 0 Å². The molecular weight excluding hydrogens is 439 g/mol. The number of sulfonamides is 1. The molecule has 0 radical (unpaired) electrons. The topological polar surface area (TPSA) is 75.3 Å². The van der Waals surface area contributed by atoms with Crippen LogP contribution in [0.3, 0.4) is 0 Å². The molecule has 5 nitrogen and oxygen atoms in total. The van der Waals surface area contributed by atoms with Gasteiger partial charge in [-0.15, -0.1) is 0 Å². The Morgan fingerprint density at radius 2 is 1.58 bits per heavy atom. The van der Waals surface area contributed by atoms with Gasteiger partial charge < -0.3 is 5.32 Å². The Morgan fingerprint density at radius 3 is 2.26 bits per heavy atom. The molecule has 3 rings (SSSR count). The number of halogens is 2. The standard InChI is InChI=1S/C23H22ClFN2O3S/c24-21-16-19(9-12-22(21)25)27-23(28)13-8-18-6-10-20(11-7-18)31(29,30)26-15-14-17-4-2-1-3-5-17/h1-7,9-12,16,26H,8,13-15H2,(H,27,28). The second-order valence-electron chi connectivity index (χ2n) is 6.95. The van der Waals surface area contributed by atoms with Crippen molar-refractivity contribution < 1.29 is 17.6 Å². The van der Waals surface area contributed by atoms with Crippen LogP contribution >= 0.6 is 11.6 Å². The maximum atomic E-state index is 13.2. The first kappa shape index (κ1) is 22.9. The van der Waals surface area contributed by atoms with Gasteiger partial charge in [0.15, 0.2) is 0 Å². The Labute approximate surface area is 186 Å². The van der Waals surface area contributed by atoms with Crippen LogP contribution in [0, 0.1) is 5.82 Å². The van der Waals surface area contributed by atoms with Gasteiger partial charge in [0, 0.05) is 18.7 Å². The Morgan fingerprint density at radius 1 is 0.903 bits per heavy atom. The minimum absolute atomic E-state index is 0.0630. The molecule has 31 heavy (non-hydrogen) atoms. The molecule has 0 atom stereocenters. The van der Waals surface area contributed by atoms with E-state index in [0.29, 0.717) is 25.1 Å². The zero-order chi connectivity index (χ0) is 22.3. The molecule has 0 bridgehead atoms. The lowest BCUT2D eigenvalue weighted by Gasteiger charge is -2.09. The largest absolute Gasteiger partial charge is 0.326 e. The fraction of sp³-hybridized carbons (Fsp3) is 0.174. The molecule has 0 spiro atoms. The fourth-order valence-corrected chi connectivity index (χ4v) is 4.16. The molecule has 1 amide bonds. The number of hydrogen-bond donors (Lipinski definition) is 2. The molecule has 0 fully saturated rings. The van der Waals surface area contributed by atoms with Crippen LogP contribution in [0.25, 0.3) is 0 Å². The van der Waals surface area contributed by atoms with Gasteiger partial charge in [0.05, 0.1) is 9.92 Å². The summed E-state index contributed by atoms with van der Waals surface area (Å²) in [6.45, 7) is 0.307. The van der Waals surface area contributed by atoms with E-state index in [1.54, 1.807) is 12.1 Å². The van der Waals surface area contributed by atoms with Gasteiger partial charge in [-0.25, -0.2) is 17.5 Å². The first-order chi connectivity index (χ1) is 14.8. The maximum absolute atomic E-state index is 13.2. The molecule has 0 heterocycles. The highest BCUT2D eigenvalue weighted by molar-refractivity contribution is 7.89. The molecule has 0 aliphatic rings. The predicted molar refractivity (Wildman–Crippen MR) is 120 cm³/mol. The van der Waals surface area contributed by atoms with Gasteiger partial charge in [-0.3, -0.25) is 4.79 Å². The molecule has 0 unspecified atom stereocenters. The minimum Gasteiger partial charge on any atom is -0.326 e. The number of anilines is 1. The summed E-state index contributed by atoms with van der Waals surface area (Å²) in [6.07, 6.45) is 1.23. The highest BCUT2D eigenvalue weighted by Crippen LogP contribution is 2.19. The molecule has 0 aliphatic carbocycles. The van der Waals surface area contributed by atoms with Gasteiger partial charge in [-0.05, 0) is 54.3 Å². The van der Waals surface area contributed by atoms with Crippen LogP contribution in [0.1, 0.15) is 17.5 Å². The lowest BCUT2D eigenvalue weighted by molar-refractivity contribution is -0.116. The van der Waals surface area contributed by atoms with Crippen LogP contribution in [-0.4, -0.2) is 20.9 Å². The van der Waals surface area contributed by atoms with Gasteiger partial charge in [0.2, 0.25) is 15.9 Å². The van der Waals surface area contributed by atoms with E-state index >= 15 is 0 Å². The average Bonchev–Trinajstić information content (AvgIpc) is 2.76. The minimum atomic E-state index is -3.60. The molecule has 162 valence electrons. The highest BCUT2D eigenvalue weighted by Gasteiger charge is 2.13. The molecule has 8 heteroatoms. The summed E-state index contributed by atoms with van der Waals surface area (Å²) in [4.78, 5) is 12.3. The summed E-state index contributed by atoms with van der Waals surface area (Å²) in [5, 5.41) is 2.59. The third kappa shape index (κ3) is 6.89. The average molecular weight is 461 g/mol. The van der Waals surface area contributed by atoms with Gasteiger partial charge >= 0.3 is 0 Å². The number of aryl methyl sites for hydroxylation is 1. The SMILES string of the molecule is O=C(CCc1ccc(S(=O)(=O)NCCc2ccccc2)cc1)Nc1ccc(F)c(Cl)c1. The van der Waals surface area contributed by atoms with Crippen LogP contribution in [-0.2, 0) is 27.7 Å². The first-order valence-electron chi connectivity index (χ1n) is 9.71. The van der Waals surface area contributed by atoms with Crippen LogP contribution in [0.5, 0.6) is 0 Å². The van der Waals surface area contributed by atoms with Crippen molar-refractivity contribution in [2.24, 2.45) is 0 Å². The van der Waals surface area contributed by atoms with Crippen molar-refractivity contribution in [2.75, 3.05) is 11.9 Å². The van der Waals surface area contributed by atoms with Crippen molar-refractivity contribution in [2.45, 2.75) is 24.2 Å². The van der Waals surface area contributed by atoms with Crippen molar-refractivity contribution in [1.29, 1.82) is 0 Å². The lowest BCUT2D eigenvalue weighted by Crippen LogP contribution is -2.26. The maximum Gasteiger partial charge on any atom is 0.240 e. The molecule has 3 aromatic carbocycles. The Hall–Kier alpha value is -2.74. The van der Waals surface area contributed by atoms with Crippen molar-refractivity contribution in [3.63, 3.8) is 0 Å². The number of rotatable bonds is 9. The number of hydrogen-bond acceptors (Lipinski definition) is 3. The van der Waals surface area contributed by atoms with Gasteiger partial charge in [0.25, 0.3) is 0 Å². The monoisotopic (exact) mass is 460 g/mol. The van der Waals surface area contributed by atoms with E-state index in [1.807, 2.05) is 30.3 Å². The summed E-state index contributed by atoms with van der Waals surface area (Å²) in [5.41, 5.74) is 2.30. The van der Waals surface area contributed by atoms with Crippen molar-refractivity contribution in [1.82, 2.24) is 4.72 Å². The molecule has 0 aliphatic heterocycles. The van der Waals surface area contributed by atoms with Crippen LogP contribution in [0.2, 0.25) is 5.02 Å². The predicted octanol–water partition coefficient (Wildman–Crippen LogP) is 4.57. The number of benzene rings is 3. The van der Waals surface area contributed by atoms with Gasteiger partial charge in [0.1, 0.15) is 5.82 Å². The number of nitrogens with one attached hydrogen (secondary N) is 2. The third-order valence-electron chi connectivity index (χ3n) is 4.63. The van der Waals surface area contributed by atoms with Crippen LogP contribution in [0.15, 0.2) is 77.7 Å². The number of amides is 1. The quantitative estimate of drug-likeness (QED) is 0.491. The summed E-state index contributed by atoms with van der Waals surface area (Å²) in [5.74, 6) is -0.800. The Kier molecular flexibility index (Phi) is 7.79. The summed E-state index contributed by atoms with van der Waals surface area (Å²) < 4.78 is 40.7. The van der Waals surface area contributed by atoms with E-state index in [1.165, 1.54) is 30.3 Å². The highest BCUT2D eigenvalue weighted by atomic mass is 35.5. The zero-order valence-corrected chi connectivity index (χ0v) is 18.2.